The zero-order valence-electron chi connectivity index (χ0n) is 5.77. The molecule has 0 saturated carbocycles. The van der Waals surface area contributed by atoms with Crippen LogP contribution in [0.2, 0.25) is 0 Å². The van der Waals surface area contributed by atoms with Gasteiger partial charge >= 0.3 is 0 Å². The second-order valence-electron chi connectivity index (χ2n) is 2.04. The molecule has 1 aromatic rings. The second-order valence-corrected chi connectivity index (χ2v) is 2.04. The van der Waals surface area contributed by atoms with Gasteiger partial charge < -0.3 is 4.84 Å². The lowest BCUT2D eigenvalue weighted by Crippen LogP contribution is -2.27. The van der Waals surface area contributed by atoms with E-state index in [9.17, 15) is 0 Å². The lowest BCUT2D eigenvalue weighted by Gasteiger charge is -2.14. The molecule has 0 saturated heterocycles. The highest BCUT2D eigenvalue weighted by atomic mass is 16.7. The fraction of sp³-hybridized carbons (Fsp3) is 0. The maximum absolute atomic E-state index is 5.04. The van der Waals surface area contributed by atoms with Crippen LogP contribution < -0.4 is 10.6 Å². The molecule has 1 aliphatic heterocycles. The smallest absolute Gasteiger partial charge is 0.139 e. The summed E-state index contributed by atoms with van der Waals surface area (Å²) in [4.78, 5) is 8.98. The average Bonchev–Trinajstić information content (AvgIpc) is 2.58. The van der Waals surface area contributed by atoms with Gasteiger partial charge in [-0.3, -0.25) is 10.4 Å². The van der Waals surface area contributed by atoms with Gasteiger partial charge in [0.15, 0.2) is 0 Å². The van der Waals surface area contributed by atoms with Gasteiger partial charge in [-0.2, -0.15) is 0 Å². The van der Waals surface area contributed by atoms with E-state index in [1.807, 2.05) is 12.1 Å². The van der Waals surface area contributed by atoms with Gasteiger partial charge in [-0.05, 0) is 12.1 Å². The van der Waals surface area contributed by atoms with Gasteiger partial charge in [-0.15, -0.1) is 5.17 Å². The topological polar surface area (TPSA) is 37.4 Å². The van der Waals surface area contributed by atoms with Crippen LogP contribution >= 0.6 is 0 Å². The van der Waals surface area contributed by atoms with Gasteiger partial charge in [0.2, 0.25) is 0 Å². The number of hydrogen-bond acceptors (Lipinski definition) is 4. The fourth-order valence-electron chi connectivity index (χ4n) is 0.829. The summed E-state index contributed by atoms with van der Waals surface area (Å²) in [5.41, 5.74) is 3.74. The molecule has 1 aromatic heterocycles. The first kappa shape index (κ1) is 6.03. The number of anilines is 1. The van der Waals surface area contributed by atoms with E-state index in [-0.39, 0.29) is 0 Å². The van der Waals surface area contributed by atoms with Crippen molar-refractivity contribution >= 4 is 5.69 Å². The van der Waals surface area contributed by atoms with Crippen molar-refractivity contribution < 1.29 is 4.84 Å². The minimum atomic E-state index is 0.873. The Morgan fingerprint density at radius 2 is 2.55 bits per heavy atom. The third-order valence-electron chi connectivity index (χ3n) is 1.31. The molecule has 4 nitrogen and oxygen atoms in total. The maximum atomic E-state index is 5.04. The van der Waals surface area contributed by atoms with Gasteiger partial charge in [0, 0.05) is 6.20 Å². The molecule has 0 atom stereocenters. The van der Waals surface area contributed by atoms with Crippen LogP contribution in [0.25, 0.3) is 0 Å². The minimum Gasteiger partial charge on any atom is -0.366 e. The number of rotatable bonds is 1. The third-order valence-corrected chi connectivity index (χ3v) is 1.31. The maximum Gasteiger partial charge on any atom is 0.139 e. The number of nitrogens with one attached hydrogen (secondary N) is 1. The summed E-state index contributed by atoms with van der Waals surface area (Å²) in [6.07, 6.45) is 6.69. The van der Waals surface area contributed by atoms with Crippen molar-refractivity contribution in [3.63, 3.8) is 0 Å². The van der Waals surface area contributed by atoms with Gasteiger partial charge in [0.1, 0.15) is 11.9 Å². The predicted octanol–water partition coefficient (Wildman–Crippen LogP) is 0.809. The quantitative estimate of drug-likeness (QED) is 0.641. The number of hydrazine groups is 1. The Morgan fingerprint density at radius 1 is 1.55 bits per heavy atom. The van der Waals surface area contributed by atoms with Crippen molar-refractivity contribution in [1.29, 1.82) is 0 Å². The highest BCUT2D eigenvalue weighted by molar-refractivity contribution is 5.40. The number of pyridine rings is 1. The van der Waals surface area contributed by atoms with E-state index < -0.39 is 0 Å². The standard InChI is InChI=1S/C7H7N3O/c1-2-7(6-8-3-1)10-9-4-5-11-10/h1-6,9H. The Bertz CT molecular complexity index is 252. The molecule has 2 heterocycles. The summed E-state index contributed by atoms with van der Waals surface area (Å²) < 4.78 is 0. The first-order chi connectivity index (χ1) is 5.47. The van der Waals surface area contributed by atoms with Crippen molar-refractivity contribution in [2.45, 2.75) is 0 Å². The summed E-state index contributed by atoms with van der Waals surface area (Å²) in [7, 11) is 0. The molecule has 56 valence electrons. The summed E-state index contributed by atoms with van der Waals surface area (Å²) in [6.45, 7) is 0. The lowest BCUT2D eigenvalue weighted by molar-refractivity contribution is 0.221. The predicted molar refractivity (Wildman–Crippen MR) is 40.1 cm³/mol. The number of nitrogens with zero attached hydrogens (tertiary/aromatic N) is 2. The van der Waals surface area contributed by atoms with Gasteiger partial charge in [-0.1, -0.05) is 0 Å². The van der Waals surface area contributed by atoms with Crippen LogP contribution in [0.1, 0.15) is 0 Å². The van der Waals surface area contributed by atoms with Crippen LogP contribution in [-0.2, 0) is 4.84 Å². The van der Waals surface area contributed by atoms with E-state index in [1.165, 1.54) is 5.17 Å². The van der Waals surface area contributed by atoms with E-state index in [0.717, 1.165) is 5.69 Å². The van der Waals surface area contributed by atoms with Crippen molar-refractivity contribution in [3.8, 4) is 0 Å². The Morgan fingerprint density at radius 3 is 3.18 bits per heavy atom. The van der Waals surface area contributed by atoms with Crippen LogP contribution in [-0.4, -0.2) is 4.98 Å². The van der Waals surface area contributed by atoms with Crippen molar-refractivity contribution in [1.82, 2.24) is 10.4 Å². The highest BCUT2D eigenvalue weighted by Gasteiger charge is 2.06. The van der Waals surface area contributed by atoms with E-state index in [2.05, 4.69) is 10.4 Å². The summed E-state index contributed by atoms with van der Waals surface area (Å²) in [6, 6.07) is 3.74. The minimum absolute atomic E-state index is 0.873. The molecule has 0 amide bonds. The van der Waals surface area contributed by atoms with Gasteiger partial charge in [0.05, 0.1) is 12.4 Å². The Hall–Kier alpha value is -1.71. The molecule has 0 aliphatic carbocycles. The van der Waals surface area contributed by atoms with Gasteiger partial charge in [0.25, 0.3) is 0 Å². The number of aromatic nitrogens is 1. The van der Waals surface area contributed by atoms with Crippen LogP contribution in [0, 0.1) is 0 Å². The first-order valence-electron chi connectivity index (χ1n) is 3.25. The molecule has 0 fully saturated rings. The van der Waals surface area contributed by atoms with Crippen LogP contribution in [0.3, 0.4) is 0 Å². The number of hydrogen-bond donors (Lipinski definition) is 1. The molecule has 1 aliphatic rings. The Labute approximate surface area is 64.0 Å². The second kappa shape index (κ2) is 2.49. The molecule has 4 heteroatoms. The van der Waals surface area contributed by atoms with E-state index in [4.69, 9.17) is 4.84 Å². The summed E-state index contributed by atoms with van der Waals surface area (Å²) >= 11 is 0. The van der Waals surface area contributed by atoms with E-state index >= 15 is 0 Å². The summed E-state index contributed by atoms with van der Waals surface area (Å²) in [5.74, 6) is 0. The molecule has 2 rings (SSSR count). The third kappa shape index (κ3) is 1.10. The van der Waals surface area contributed by atoms with Crippen LogP contribution in [0.5, 0.6) is 0 Å². The van der Waals surface area contributed by atoms with E-state index in [0.29, 0.717) is 0 Å². The molecular formula is C7H7N3O. The molecule has 0 unspecified atom stereocenters. The molecule has 0 bridgehead atoms. The molecule has 0 aromatic carbocycles. The summed E-state index contributed by atoms with van der Waals surface area (Å²) in [5, 5.41) is 1.52. The molecule has 0 radical (unpaired) electrons. The zero-order valence-corrected chi connectivity index (χ0v) is 5.77. The Balaban J connectivity index is 2.17. The normalized spacial score (nSPS) is 14.4. The first-order valence-corrected chi connectivity index (χ1v) is 3.25. The zero-order chi connectivity index (χ0) is 7.52. The van der Waals surface area contributed by atoms with Crippen LogP contribution in [0.15, 0.2) is 37.0 Å². The lowest BCUT2D eigenvalue weighted by atomic mass is 10.4. The van der Waals surface area contributed by atoms with Crippen molar-refractivity contribution in [3.05, 3.63) is 37.0 Å². The highest BCUT2D eigenvalue weighted by Crippen LogP contribution is 2.11. The molecule has 0 spiro atoms. The average molecular weight is 149 g/mol. The van der Waals surface area contributed by atoms with E-state index in [1.54, 1.807) is 24.9 Å². The fourth-order valence-corrected chi connectivity index (χ4v) is 0.829. The van der Waals surface area contributed by atoms with Gasteiger partial charge in [-0.25, -0.2) is 0 Å². The monoisotopic (exact) mass is 149 g/mol. The largest absolute Gasteiger partial charge is 0.366 e. The molecule has 1 N–H and O–H groups in total. The van der Waals surface area contributed by atoms with Crippen molar-refractivity contribution in [2.24, 2.45) is 0 Å². The van der Waals surface area contributed by atoms with Crippen molar-refractivity contribution in [2.75, 3.05) is 5.17 Å². The molecular weight excluding hydrogens is 142 g/mol. The SMILES string of the molecule is C1=CON(c2cccnc2)N1. The Kier molecular flexibility index (Phi) is 1.37. The van der Waals surface area contributed by atoms with Crippen LogP contribution in [0.4, 0.5) is 5.69 Å². The molecule has 11 heavy (non-hydrogen) atoms.